The highest BCUT2D eigenvalue weighted by atomic mass is 16.5. The van der Waals surface area contributed by atoms with Gasteiger partial charge in [-0.05, 0) is 35.1 Å². The summed E-state index contributed by atoms with van der Waals surface area (Å²) in [4.78, 5) is 0. The minimum absolute atomic E-state index is 0.0121. The van der Waals surface area contributed by atoms with Crippen LogP contribution in [0.25, 0.3) is 0 Å². The van der Waals surface area contributed by atoms with Gasteiger partial charge in [0.1, 0.15) is 12.4 Å². The molecule has 3 nitrogen and oxygen atoms in total. The smallest absolute Gasteiger partial charge is 0.119 e. The minimum atomic E-state index is -0.0499. The maximum atomic E-state index is 6.25. The van der Waals surface area contributed by atoms with Gasteiger partial charge in [-0.25, -0.2) is 0 Å². The molecule has 0 saturated carbocycles. The molecule has 0 heterocycles. The van der Waals surface area contributed by atoms with Gasteiger partial charge in [0.05, 0.1) is 0 Å². The summed E-state index contributed by atoms with van der Waals surface area (Å²) in [5.41, 5.74) is 14.8. The van der Waals surface area contributed by atoms with E-state index in [1.54, 1.807) is 0 Å². The van der Waals surface area contributed by atoms with Gasteiger partial charge in [0.2, 0.25) is 0 Å². The molecule has 0 spiro atoms. The zero-order valence-electron chi connectivity index (χ0n) is 14.3. The number of nitrogens with two attached hydrogens (primary N) is 2. The summed E-state index contributed by atoms with van der Waals surface area (Å²) in [5.74, 6) is 0.867. The zero-order valence-corrected chi connectivity index (χ0v) is 14.3. The molecule has 0 aliphatic carbocycles. The molecule has 0 saturated heterocycles. The van der Waals surface area contributed by atoms with Crippen molar-refractivity contribution in [2.75, 3.05) is 0 Å². The van der Waals surface area contributed by atoms with Crippen molar-refractivity contribution in [1.29, 1.82) is 0 Å². The maximum Gasteiger partial charge on any atom is 0.119 e. The molecule has 23 heavy (non-hydrogen) atoms. The van der Waals surface area contributed by atoms with Gasteiger partial charge in [-0.3, -0.25) is 0 Å². The lowest BCUT2D eigenvalue weighted by atomic mass is 9.81. The first-order valence-electron chi connectivity index (χ1n) is 8.13. The van der Waals surface area contributed by atoms with Crippen LogP contribution in [0.3, 0.4) is 0 Å². The molecule has 2 rings (SSSR count). The van der Waals surface area contributed by atoms with Crippen LogP contribution < -0.4 is 16.2 Å². The van der Waals surface area contributed by atoms with Crippen LogP contribution in [-0.2, 0) is 13.0 Å². The van der Waals surface area contributed by atoms with Gasteiger partial charge >= 0.3 is 0 Å². The van der Waals surface area contributed by atoms with E-state index in [4.69, 9.17) is 16.2 Å². The lowest BCUT2D eigenvalue weighted by Crippen LogP contribution is -2.50. The number of hydrogen-bond acceptors (Lipinski definition) is 3. The normalized spacial score (nSPS) is 14.3. The van der Waals surface area contributed by atoms with E-state index < -0.39 is 0 Å². The van der Waals surface area contributed by atoms with Crippen molar-refractivity contribution in [3.63, 3.8) is 0 Å². The monoisotopic (exact) mass is 312 g/mol. The molecule has 2 atom stereocenters. The van der Waals surface area contributed by atoms with Crippen LogP contribution in [0.1, 0.15) is 31.9 Å². The van der Waals surface area contributed by atoms with Gasteiger partial charge in [0, 0.05) is 12.1 Å². The second-order valence-electron chi connectivity index (χ2n) is 7.18. The molecular formula is C20H28N2O. The summed E-state index contributed by atoms with van der Waals surface area (Å²) in [6.45, 7) is 6.95. The average Bonchev–Trinajstić information content (AvgIpc) is 2.53. The Morgan fingerprint density at radius 2 is 1.48 bits per heavy atom. The number of benzene rings is 2. The summed E-state index contributed by atoms with van der Waals surface area (Å²) < 4.78 is 5.80. The summed E-state index contributed by atoms with van der Waals surface area (Å²) in [6, 6.07) is 18.2. The standard InChI is InChI=1S/C20H28N2O/c1-20(2,3)19(22)18(21)13-15-9-11-17(12-10-15)23-14-16-7-5-4-6-8-16/h4-12,18-19H,13-14,21-22H2,1-3H3. The predicted molar refractivity (Wildman–Crippen MR) is 96.3 cm³/mol. The van der Waals surface area contributed by atoms with Crippen molar-refractivity contribution in [3.8, 4) is 5.75 Å². The molecule has 0 aromatic heterocycles. The fraction of sp³-hybridized carbons (Fsp3) is 0.400. The molecular weight excluding hydrogens is 284 g/mol. The first-order valence-corrected chi connectivity index (χ1v) is 8.13. The highest BCUT2D eigenvalue weighted by Gasteiger charge is 2.26. The van der Waals surface area contributed by atoms with Gasteiger partial charge in [-0.15, -0.1) is 0 Å². The molecule has 0 aliphatic heterocycles. The summed E-state index contributed by atoms with van der Waals surface area (Å²) >= 11 is 0. The lowest BCUT2D eigenvalue weighted by molar-refractivity contribution is 0.279. The SMILES string of the molecule is CC(C)(C)C(N)C(N)Cc1ccc(OCc2ccccc2)cc1. The Morgan fingerprint density at radius 3 is 2.04 bits per heavy atom. The Balaban J connectivity index is 1.89. The van der Waals surface area contributed by atoms with Crippen molar-refractivity contribution in [2.24, 2.45) is 16.9 Å². The van der Waals surface area contributed by atoms with E-state index in [1.807, 2.05) is 30.3 Å². The predicted octanol–water partition coefficient (Wildman–Crippen LogP) is 3.51. The second-order valence-corrected chi connectivity index (χ2v) is 7.18. The fourth-order valence-corrected chi connectivity index (χ4v) is 2.50. The van der Waals surface area contributed by atoms with E-state index in [2.05, 4.69) is 45.0 Å². The number of ether oxygens (including phenoxy) is 1. The summed E-state index contributed by atoms with van der Waals surface area (Å²) in [7, 11) is 0. The molecule has 0 amide bonds. The quantitative estimate of drug-likeness (QED) is 0.858. The Kier molecular flexibility index (Phi) is 5.80. The Hall–Kier alpha value is -1.84. The van der Waals surface area contributed by atoms with Gasteiger partial charge < -0.3 is 16.2 Å². The van der Waals surface area contributed by atoms with Crippen LogP contribution in [0.5, 0.6) is 5.75 Å². The summed E-state index contributed by atoms with van der Waals surface area (Å²) in [6.07, 6.45) is 0.775. The fourth-order valence-electron chi connectivity index (χ4n) is 2.50. The highest BCUT2D eigenvalue weighted by molar-refractivity contribution is 5.28. The van der Waals surface area contributed by atoms with E-state index in [-0.39, 0.29) is 17.5 Å². The van der Waals surface area contributed by atoms with Crippen LogP contribution in [-0.4, -0.2) is 12.1 Å². The van der Waals surface area contributed by atoms with Crippen LogP contribution in [0, 0.1) is 5.41 Å². The molecule has 2 unspecified atom stereocenters. The molecule has 0 fully saturated rings. The molecule has 0 radical (unpaired) electrons. The Labute approximate surface area is 139 Å². The van der Waals surface area contributed by atoms with Crippen LogP contribution in [0.15, 0.2) is 54.6 Å². The largest absolute Gasteiger partial charge is 0.489 e. The van der Waals surface area contributed by atoms with E-state index >= 15 is 0 Å². The van der Waals surface area contributed by atoms with E-state index in [1.165, 1.54) is 5.56 Å². The summed E-state index contributed by atoms with van der Waals surface area (Å²) in [5, 5.41) is 0. The Morgan fingerprint density at radius 1 is 0.870 bits per heavy atom. The molecule has 3 heteroatoms. The molecule has 0 bridgehead atoms. The van der Waals surface area contributed by atoms with E-state index in [9.17, 15) is 0 Å². The molecule has 2 aromatic rings. The molecule has 2 aromatic carbocycles. The topological polar surface area (TPSA) is 61.3 Å². The third-order valence-corrected chi connectivity index (χ3v) is 4.10. The third-order valence-electron chi connectivity index (χ3n) is 4.10. The van der Waals surface area contributed by atoms with Crippen LogP contribution in [0.4, 0.5) is 0 Å². The third kappa shape index (κ3) is 5.38. The molecule has 4 N–H and O–H groups in total. The number of rotatable bonds is 6. The van der Waals surface area contributed by atoms with Crippen LogP contribution in [0.2, 0.25) is 0 Å². The van der Waals surface area contributed by atoms with Crippen molar-refractivity contribution in [3.05, 3.63) is 65.7 Å². The molecule has 124 valence electrons. The van der Waals surface area contributed by atoms with Gasteiger partial charge in [-0.1, -0.05) is 63.2 Å². The van der Waals surface area contributed by atoms with Crippen molar-refractivity contribution < 1.29 is 4.74 Å². The second kappa shape index (κ2) is 7.62. The first-order chi connectivity index (χ1) is 10.9. The zero-order chi connectivity index (χ0) is 16.9. The van der Waals surface area contributed by atoms with Gasteiger partial charge in [0.15, 0.2) is 0 Å². The van der Waals surface area contributed by atoms with Gasteiger partial charge in [0.25, 0.3) is 0 Å². The van der Waals surface area contributed by atoms with Gasteiger partial charge in [-0.2, -0.15) is 0 Å². The van der Waals surface area contributed by atoms with Crippen molar-refractivity contribution in [2.45, 2.75) is 45.9 Å². The maximum absolute atomic E-state index is 6.25. The van der Waals surface area contributed by atoms with Crippen LogP contribution >= 0.6 is 0 Å². The highest BCUT2D eigenvalue weighted by Crippen LogP contribution is 2.21. The van der Waals surface area contributed by atoms with Crippen molar-refractivity contribution in [1.82, 2.24) is 0 Å². The first kappa shape index (κ1) is 17.5. The Bertz CT molecular complexity index is 587. The molecule has 0 aliphatic rings. The van der Waals surface area contributed by atoms with E-state index in [0.717, 1.165) is 17.7 Å². The van der Waals surface area contributed by atoms with E-state index in [0.29, 0.717) is 6.61 Å². The average molecular weight is 312 g/mol. The van der Waals surface area contributed by atoms with Crippen molar-refractivity contribution >= 4 is 0 Å². The number of hydrogen-bond donors (Lipinski definition) is 2. The lowest BCUT2D eigenvalue weighted by Gasteiger charge is -2.32. The minimum Gasteiger partial charge on any atom is -0.489 e.